The second-order valence-corrected chi connectivity index (χ2v) is 6.87. The van der Waals surface area contributed by atoms with Crippen molar-refractivity contribution >= 4 is 5.97 Å². The summed E-state index contributed by atoms with van der Waals surface area (Å²) in [5.74, 6) is 0.143. The highest BCUT2D eigenvalue weighted by Crippen LogP contribution is 2.39. The quantitative estimate of drug-likeness (QED) is 0.890. The van der Waals surface area contributed by atoms with Crippen LogP contribution >= 0.6 is 0 Å². The molecule has 0 bridgehead atoms. The van der Waals surface area contributed by atoms with Crippen LogP contribution in [-0.2, 0) is 17.8 Å². The fraction of sp³-hybridized carbons (Fsp3) is 0.400. The normalized spacial score (nSPS) is 21.9. The van der Waals surface area contributed by atoms with E-state index in [9.17, 15) is 9.90 Å². The van der Waals surface area contributed by atoms with Crippen molar-refractivity contribution in [2.45, 2.75) is 25.8 Å². The lowest BCUT2D eigenvalue weighted by atomic mass is 9.89. The number of nitrogens with zero attached hydrogens (tertiary/aromatic N) is 2. The second kappa shape index (κ2) is 6.96. The molecule has 1 aromatic carbocycles. The number of rotatable bonds is 5. The van der Waals surface area contributed by atoms with Crippen LogP contribution in [0.2, 0.25) is 0 Å². The Labute approximate surface area is 152 Å². The number of carboxylic acid groups (broad SMARTS) is 1. The van der Waals surface area contributed by atoms with Crippen LogP contribution < -0.4 is 9.47 Å². The Balaban J connectivity index is 1.52. The zero-order valence-corrected chi connectivity index (χ0v) is 14.7. The average molecular weight is 354 g/mol. The molecule has 2 atom stereocenters. The first kappa shape index (κ1) is 16.8. The van der Waals surface area contributed by atoms with Gasteiger partial charge in [0.15, 0.2) is 11.5 Å². The van der Waals surface area contributed by atoms with Crippen molar-refractivity contribution in [3.63, 3.8) is 0 Å². The maximum Gasteiger partial charge on any atom is 0.308 e. The van der Waals surface area contributed by atoms with Gasteiger partial charge in [-0.25, -0.2) is 0 Å². The molecular formula is C20H22N2O4. The van der Waals surface area contributed by atoms with Gasteiger partial charge in [-0.2, -0.15) is 0 Å². The summed E-state index contributed by atoms with van der Waals surface area (Å²) >= 11 is 0. The van der Waals surface area contributed by atoms with Gasteiger partial charge in [-0.05, 0) is 35.7 Å². The van der Waals surface area contributed by atoms with Crippen LogP contribution in [0.4, 0.5) is 0 Å². The standard InChI is InChI=1S/C20H22N2O4/c1-2-13-3-5-15(21-8-13)9-22-10-16(17(11-22)20(23)24)14-4-6-18-19(7-14)26-12-25-18/h3-8,16-17H,2,9-12H2,1H3,(H,23,24)/t16-,17+/m1/s1. The van der Waals surface area contributed by atoms with E-state index in [2.05, 4.69) is 22.9 Å². The minimum absolute atomic E-state index is 0.0723. The second-order valence-electron chi connectivity index (χ2n) is 6.87. The van der Waals surface area contributed by atoms with Gasteiger partial charge in [-0.3, -0.25) is 14.7 Å². The SMILES string of the molecule is CCc1ccc(CN2C[C@H](C(=O)O)[C@@H](c3ccc4c(c3)OCO4)C2)nc1. The van der Waals surface area contributed by atoms with Gasteiger partial charge in [0.25, 0.3) is 0 Å². The first-order valence-corrected chi connectivity index (χ1v) is 8.92. The number of likely N-dealkylation sites (tertiary alicyclic amines) is 1. The van der Waals surface area contributed by atoms with E-state index in [1.807, 2.05) is 30.5 Å². The molecule has 0 saturated carbocycles. The lowest BCUT2D eigenvalue weighted by molar-refractivity contribution is -0.141. The highest BCUT2D eigenvalue weighted by Gasteiger charge is 2.39. The predicted octanol–water partition coefficient (Wildman–Crippen LogP) is 2.67. The van der Waals surface area contributed by atoms with Crippen LogP contribution in [0, 0.1) is 5.92 Å². The van der Waals surface area contributed by atoms with Gasteiger partial charge in [-0.15, -0.1) is 0 Å². The molecular weight excluding hydrogens is 332 g/mol. The number of hydrogen-bond acceptors (Lipinski definition) is 5. The third-order valence-electron chi connectivity index (χ3n) is 5.22. The van der Waals surface area contributed by atoms with Gasteiger partial charge in [0.1, 0.15) is 0 Å². The number of benzene rings is 1. The summed E-state index contributed by atoms with van der Waals surface area (Å²) in [5.41, 5.74) is 3.16. The molecule has 0 aliphatic carbocycles. The average Bonchev–Trinajstić information content (AvgIpc) is 3.28. The number of ether oxygens (including phenoxy) is 2. The van der Waals surface area contributed by atoms with Gasteiger partial charge in [0.2, 0.25) is 6.79 Å². The number of aryl methyl sites for hydroxylation is 1. The summed E-state index contributed by atoms with van der Waals surface area (Å²) < 4.78 is 10.8. The number of pyridine rings is 1. The largest absolute Gasteiger partial charge is 0.481 e. The molecule has 1 fully saturated rings. The highest BCUT2D eigenvalue weighted by molar-refractivity contribution is 5.72. The number of fused-ring (bicyclic) bond motifs is 1. The van der Waals surface area contributed by atoms with Gasteiger partial charge in [-0.1, -0.05) is 19.1 Å². The van der Waals surface area contributed by atoms with Gasteiger partial charge in [0, 0.05) is 31.7 Å². The van der Waals surface area contributed by atoms with Crippen molar-refractivity contribution in [1.29, 1.82) is 0 Å². The minimum atomic E-state index is -0.760. The third kappa shape index (κ3) is 3.24. The Kier molecular flexibility index (Phi) is 4.51. The molecule has 3 heterocycles. The first-order valence-electron chi connectivity index (χ1n) is 8.92. The molecule has 0 amide bonds. The molecule has 6 nitrogen and oxygen atoms in total. The van der Waals surface area contributed by atoms with E-state index >= 15 is 0 Å². The summed E-state index contributed by atoms with van der Waals surface area (Å²) in [4.78, 5) is 18.5. The lowest BCUT2D eigenvalue weighted by Crippen LogP contribution is -2.23. The molecule has 4 rings (SSSR count). The lowest BCUT2D eigenvalue weighted by Gasteiger charge is -2.16. The number of aliphatic carboxylic acids is 1. The molecule has 26 heavy (non-hydrogen) atoms. The number of carbonyl (C=O) groups is 1. The summed E-state index contributed by atoms with van der Waals surface area (Å²) in [5, 5.41) is 9.69. The molecule has 136 valence electrons. The summed E-state index contributed by atoms with van der Waals surface area (Å²) in [6.07, 6.45) is 2.86. The Morgan fingerprint density at radius 3 is 2.81 bits per heavy atom. The van der Waals surface area contributed by atoms with Crippen LogP contribution in [0.5, 0.6) is 11.5 Å². The van der Waals surface area contributed by atoms with Crippen molar-refractivity contribution in [3.8, 4) is 11.5 Å². The Bertz CT molecular complexity index is 806. The molecule has 0 radical (unpaired) electrons. The molecule has 2 aliphatic heterocycles. The van der Waals surface area contributed by atoms with E-state index in [0.29, 0.717) is 25.4 Å². The van der Waals surface area contributed by atoms with Crippen LogP contribution in [0.3, 0.4) is 0 Å². The monoisotopic (exact) mass is 354 g/mol. The van der Waals surface area contributed by atoms with Gasteiger partial charge in [0.05, 0.1) is 11.6 Å². The molecule has 1 saturated heterocycles. The van der Waals surface area contributed by atoms with E-state index < -0.39 is 11.9 Å². The minimum Gasteiger partial charge on any atom is -0.481 e. The summed E-state index contributed by atoms with van der Waals surface area (Å²) in [6.45, 7) is 4.19. The van der Waals surface area contributed by atoms with Crippen molar-refractivity contribution in [2.24, 2.45) is 5.92 Å². The summed E-state index contributed by atoms with van der Waals surface area (Å²) in [7, 11) is 0. The number of carboxylic acids is 1. The molecule has 6 heteroatoms. The molecule has 2 aliphatic rings. The van der Waals surface area contributed by atoms with E-state index in [4.69, 9.17) is 9.47 Å². The molecule has 1 aromatic heterocycles. The number of aromatic nitrogens is 1. The Hall–Kier alpha value is -2.60. The first-order chi connectivity index (χ1) is 12.6. The molecule has 0 spiro atoms. The summed E-state index contributed by atoms with van der Waals surface area (Å²) in [6, 6.07) is 9.85. The smallest absolute Gasteiger partial charge is 0.308 e. The molecule has 2 aromatic rings. The highest BCUT2D eigenvalue weighted by atomic mass is 16.7. The maximum absolute atomic E-state index is 11.8. The topological polar surface area (TPSA) is 71.9 Å². The third-order valence-corrected chi connectivity index (χ3v) is 5.22. The van der Waals surface area contributed by atoms with Crippen molar-refractivity contribution in [2.75, 3.05) is 19.9 Å². The van der Waals surface area contributed by atoms with E-state index in [0.717, 1.165) is 23.4 Å². The Morgan fingerprint density at radius 2 is 2.08 bits per heavy atom. The fourth-order valence-electron chi connectivity index (χ4n) is 3.73. The van der Waals surface area contributed by atoms with Gasteiger partial charge < -0.3 is 14.6 Å². The number of hydrogen-bond donors (Lipinski definition) is 1. The van der Waals surface area contributed by atoms with E-state index in [1.165, 1.54) is 5.56 Å². The van der Waals surface area contributed by atoms with E-state index in [-0.39, 0.29) is 12.7 Å². The van der Waals surface area contributed by atoms with Crippen LogP contribution in [-0.4, -0.2) is 40.8 Å². The van der Waals surface area contributed by atoms with Crippen molar-refractivity contribution < 1.29 is 19.4 Å². The Morgan fingerprint density at radius 1 is 1.23 bits per heavy atom. The van der Waals surface area contributed by atoms with Crippen molar-refractivity contribution in [1.82, 2.24) is 9.88 Å². The zero-order valence-electron chi connectivity index (χ0n) is 14.7. The van der Waals surface area contributed by atoms with Crippen LogP contribution in [0.25, 0.3) is 0 Å². The fourth-order valence-corrected chi connectivity index (χ4v) is 3.73. The van der Waals surface area contributed by atoms with Crippen LogP contribution in [0.15, 0.2) is 36.5 Å². The van der Waals surface area contributed by atoms with Crippen LogP contribution in [0.1, 0.15) is 29.7 Å². The molecule has 1 N–H and O–H groups in total. The van der Waals surface area contributed by atoms with Crippen molar-refractivity contribution in [3.05, 3.63) is 53.3 Å². The predicted molar refractivity (Wildman–Crippen MR) is 95.3 cm³/mol. The van der Waals surface area contributed by atoms with E-state index in [1.54, 1.807) is 0 Å². The van der Waals surface area contributed by atoms with Gasteiger partial charge >= 0.3 is 5.97 Å². The zero-order chi connectivity index (χ0) is 18.1. The molecule has 0 unspecified atom stereocenters. The maximum atomic E-state index is 11.8.